The average Bonchev–Trinajstić information content (AvgIpc) is 3.79. The Hall–Kier alpha value is -4.18. The zero-order chi connectivity index (χ0) is 26.1. The summed E-state index contributed by atoms with van der Waals surface area (Å²) in [6.07, 6.45) is 0.260. The molecule has 2 aliphatic rings. The Morgan fingerprint density at radius 3 is 1.90 bits per heavy atom. The van der Waals surface area contributed by atoms with Crippen LogP contribution >= 0.6 is 0 Å². The van der Waals surface area contributed by atoms with Crippen molar-refractivity contribution in [3.63, 3.8) is 0 Å². The van der Waals surface area contributed by atoms with Gasteiger partial charge in [-0.3, -0.25) is 0 Å². The van der Waals surface area contributed by atoms with Crippen LogP contribution in [0.4, 0.5) is 0 Å². The van der Waals surface area contributed by atoms with Gasteiger partial charge in [-0.05, 0) is 51.1 Å². The molecule has 7 rings (SSSR count). The summed E-state index contributed by atoms with van der Waals surface area (Å²) in [7, 11) is 0. The summed E-state index contributed by atoms with van der Waals surface area (Å²) in [6.45, 7) is 2.45. The van der Waals surface area contributed by atoms with Gasteiger partial charge in [0.05, 0.1) is 25.2 Å². The highest BCUT2D eigenvalue weighted by Gasteiger charge is 2.46. The van der Waals surface area contributed by atoms with Gasteiger partial charge >= 0.3 is 0 Å². The fraction of sp³-hybridized carbons (Fsp3) is 0.167. The lowest BCUT2D eigenvalue weighted by molar-refractivity contribution is 0.0880. The molecule has 1 unspecified atom stereocenters. The van der Waals surface area contributed by atoms with Crippen LogP contribution in [0.15, 0.2) is 127 Å². The van der Waals surface area contributed by atoms with Crippen LogP contribution in [0.25, 0.3) is 22.3 Å². The molecule has 0 radical (unpaired) electrons. The lowest BCUT2D eigenvalue weighted by Crippen LogP contribution is -2.28. The minimum atomic E-state index is -0.441. The Morgan fingerprint density at radius 2 is 1.23 bits per heavy atom. The Bertz CT molecular complexity index is 1540. The Morgan fingerprint density at radius 1 is 0.615 bits per heavy atom. The molecule has 1 saturated heterocycles. The Kier molecular flexibility index (Phi) is 6.24. The van der Waals surface area contributed by atoms with E-state index in [0.29, 0.717) is 19.8 Å². The van der Waals surface area contributed by atoms with Gasteiger partial charge in [-0.1, -0.05) is 115 Å². The highest BCUT2D eigenvalue weighted by molar-refractivity contribution is 5.87. The summed E-state index contributed by atoms with van der Waals surface area (Å²) in [4.78, 5) is 0. The van der Waals surface area contributed by atoms with Gasteiger partial charge in [-0.15, -0.1) is 0 Å². The van der Waals surface area contributed by atoms with E-state index in [-0.39, 0.29) is 6.10 Å². The molecule has 3 nitrogen and oxygen atoms in total. The van der Waals surface area contributed by atoms with E-state index < -0.39 is 5.41 Å². The monoisotopic (exact) mass is 510 g/mol. The van der Waals surface area contributed by atoms with Crippen molar-refractivity contribution in [2.75, 3.05) is 26.4 Å². The number of hydrogen-bond acceptors (Lipinski definition) is 3. The molecule has 192 valence electrons. The van der Waals surface area contributed by atoms with Crippen LogP contribution in [0.3, 0.4) is 0 Å². The zero-order valence-corrected chi connectivity index (χ0v) is 21.8. The van der Waals surface area contributed by atoms with E-state index in [1.807, 2.05) is 0 Å². The molecule has 1 aliphatic heterocycles. The molecule has 5 aromatic carbocycles. The molecule has 1 fully saturated rings. The molecule has 0 amide bonds. The van der Waals surface area contributed by atoms with Gasteiger partial charge in [0.2, 0.25) is 0 Å². The van der Waals surface area contributed by atoms with E-state index in [1.165, 1.54) is 33.4 Å². The first-order valence-corrected chi connectivity index (χ1v) is 13.6. The second kappa shape index (κ2) is 10.2. The van der Waals surface area contributed by atoms with Crippen LogP contribution in [0.1, 0.15) is 22.3 Å². The lowest BCUT2D eigenvalue weighted by atomic mass is 9.67. The largest absolute Gasteiger partial charge is 0.491 e. The molecule has 5 aromatic rings. The number of benzene rings is 5. The standard InChI is InChI=1S/C36H30O3/c1-3-11-26(12-4-1)32-23-28(19-20-35(32)38-22-21-37-24-29-25-39-29)36(27-13-5-2-6-14-27)33-17-9-7-15-30(33)31-16-8-10-18-34(31)36/h1-20,23,29H,21-22,24-25H2. The van der Waals surface area contributed by atoms with Gasteiger partial charge in [0.25, 0.3) is 0 Å². The van der Waals surface area contributed by atoms with Gasteiger partial charge in [-0.25, -0.2) is 0 Å². The van der Waals surface area contributed by atoms with Crippen LogP contribution in [0, 0.1) is 0 Å². The number of fused-ring (bicyclic) bond motifs is 3. The molecule has 39 heavy (non-hydrogen) atoms. The summed E-state index contributed by atoms with van der Waals surface area (Å²) >= 11 is 0. The summed E-state index contributed by atoms with van der Waals surface area (Å²) < 4.78 is 17.3. The van der Waals surface area contributed by atoms with E-state index in [0.717, 1.165) is 23.5 Å². The lowest BCUT2D eigenvalue weighted by Gasteiger charge is -2.34. The maximum atomic E-state index is 6.32. The third-order valence-corrected chi connectivity index (χ3v) is 7.85. The molecule has 0 aromatic heterocycles. The van der Waals surface area contributed by atoms with E-state index in [4.69, 9.17) is 14.2 Å². The van der Waals surface area contributed by atoms with Gasteiger partial charge < -0.3 is 14.2 Å². The fourth-order valence-electron chi connectivity index (χ4n) is 6.03. The second-order valence-electron chi connectivity index (χ2n) is 10.2. The van der Waals surface area contributed by atoms with Gasteiger partial charge in [-0.2, -0.15) is 0 Å². The van der Waals surface area contributed by atoms with Gasteiger partial charge in [0.1, 0.15) is 18.5 Å². The average molecular weight is 511 g/mol. The third kappa shape index (κ3) is 4.24. The van der Waals surface area contributed by atoms with Crippen molar-refractivity contribution in [1.29, 1.82) is 0 Å². The molecule has 0 saturated carbocycles. The van der Waals surface area contributed by atoms with E-state index in [1.54, 1.807) is 0 Å². The summed E-state index contributed by atoms with van der Waals surface area (Å²) in [5.74, 6) is 0.860. The first kappa shape index (κ1) is 23.9. The predicted molar refractivity (Wildman–Crippen MR) is 155 cm³/mol. The van der Waals surface area contributed by atoms with Crippen LogP contribution in [-0.4, -0.2) is 32.5 Å². The molecule has 0 bridgehead atoms. The number of hydrogen-bond donors (Lipinski definition) is 0. The van der Waals surface area contributed by atoms with Crippen LogP contribution in [0.5, 0.6) is 5.75 Å². The first-order chi connectivity index (χ1) is 19.4. The predicted octanol–water partition coefficient (Wildman–Crippen LogP) is 7.51. The smallest absolute Gasteiger partial charge is 0.127 e. The van der Waals surface area contributed by atoms with E-state index >= 15 is 0 Å². The summed E-state index contributed by atoms with van der Waals surface area (Å²) in [5.41, 5.74) is 9.43. The highest BCUT2D eigenvalue weighted by Crippen LogP contribution is 2.56. The Labute approximate surface area is 229 Å². The number of ether oxygens (including phenoxy) is 3. The normalized spacial score (nSPS) is 16.4. The maximum absolute atomic E-state index is 6.32. The number of rotatable bonds is 9. The molecule has 0 N–H and O–H groups in total. The van der Waals surface area contributed by atoms with Crippen molar-refractivity contribution in [1.82, 2.24) is 0 Å². The minimum absolute atomic E-state index is 0.260. The fourth-order valence-corrected chi connectivity index (χ4v) is 6.03. The maximum Gasteiger partial charge on any atom is 0.127 e. The molecule has 1 aliphatic carbocycles. The topological polar surface area (TPSA) is 31.0 Å². The van der Waals surface area contributed by atoms with Crippen LogP contribution in [0.2, 0.25) is 0 Å². The first-order valence-electron chi connectivity index (χ1n) is 13.6. The van der Waals surface area contributed by atoms with Gasteiger partial charge in [0, 0.05) is 5.56 Å². The molecular weight excluding hydrogens is 480 g/mol. The van der Waals surface area contributed by atoms with Crippen LogP contribution in [-0.2, 0) is 14.9 Å². The van der Waals surface area contributed by atoms with Crippen molar-refractivity contribution >= 4 is 0 Å². The molecular formula is C36H30O3. The SMILES string of the molecule is c1ccc(-c2cc(C3(c4ccccc4)c4ccccc4-c4ccccc43)ccc2OCCOCC2CO2)cc1. The third-order valence-electron chi connectivity index (χ3n) is 7.85. The van der Waals surface area contributed by atoms with Crippen molar-refractivity contribution in [3.05, 3.63) is 150 Å². The number of epoxide rings is 1. The van der Waals surface area contributed by atoms with Crippen molar-refractivity contribution in [2.45, 2.75) is 11.5 Å². The zero-order valence-electron chi connectivity index (χ0n) is 21.8. The van der Waals surface area contributed by atoms with Crippen molar-refractivity contribution in [2.24, 2.45) is 0 Å². The van der Waals surface area contributed by atoms with E-state index in [9.17, 15) is 0 Å². The van der Waals surface area contributed by atoms with Crippen molar-refractivity contribution < 1.29 is 14.2 Å². The van der Waals surface area contributed by atoms with Gasteiger partial charge in [0.15, 0.2) is 0 Å². The van der Waals surface area contributed by atoms with Crippen LogP contribution < -0.4 is 4.74 Å². The quantitative estimate of drug-likeness (QED) is 0.149. The molecule has 0 spiro atoms. The van der Waals surface area contributed by atoms with Crippen molar-refractivity contribution in [3.8, 4) is 28.0 Å². The highest BCUT2D eigenvalue weighted by atomic mass is 16.6. The molecule has 3 heteroatoms. The summed E-state index contributed by atoms with van der Waals surface area (Å²) in [5, 5.41) is 0. The minimum Gasteiger partial charge on any atom is -0.491 e. The molecule has 1 atom stereocenters. The Balaban J connectivity index is 1.39. The molecule has 1 heterocycles. The van der Waals surface area contributed by atoms with E-state index in [2.05, 4.69) is 127 Å². The summed E-state index contributed by atoms with van der Waals surface area (Å²) in [6, 6.07) is 45.8. The second-order valence-corrected chi connectivity index (χ2v) is 10.2.